The number of fused-ring (bicyclic) bond motifs is 3. The normalized spacial score (nSPS) is 23.6. The van der Waals surface area contributed by atoms with Crippen molar-refractivity contribution in [1.82, 2.24) is 0 Å². The van der Waals surface area contributed by atoms with Crippen molar-refractivity contribution in [3.8, 4) is 5.75 Å². The number of anilines is 1. The lowest BCUT2D eigenvalue weighted by Gasteiger charge is -2.37. The Kier molecular flexibility index (Phi) is 4.75. The van der Waals surface area contributed by atoms with Gasteiger partial charge in [-0.1, -0.05) is 42.5 Å². The topological polar surface area (TPSA) is 30.5 Å². The van der Waals surface area contributed by atoms with E-state index < -0.39 is 0 Å². The fourth-order valence-electron chi connectivity index (χ4n) is 4.02. The fourth-order valence-corrected chi connectivity index (χ4v) is 4.02. The van der Waals surface area contributed by atoms with Crippen molar-refractivity contribution in [1.29, 1.82) is 0 Å². The predicted octanol–water partition coefficient (Wildman–Crippen LogP) is 4.93. The first-order valence-electron chi connectivity index (χ1n) is 9.19. The van der Waals surface area contributed by atoms with Crippen LogP contribution in [0.2, 0.25) is 0 Å². The maximum Gasteiger partial charge on any atom is 0.119 e. The van der Waals surface area contributed by atoms with Gasteiger partial charge < -0.3 is 14.8 Å². The van der Waals surface area contributed by atoms with Crippen LogP contribution in [0.3, 0.4) is 0 Å². The molecule has 3 atom stereocenters. The number of allylic oxidation sites excluding steroid dienone is 2. The molecule has 3 unspecified atom stereocenters. The van der Waals surface area contributed by atoms with Crippen LogP contribution in [0.15, 0.2) is 60.7 Å². The van der Waals surface area contributed by atoms with Crippen molar-refractivity contribution in [3.63, 3.8) is 0 Å². The van der Waals surface area contributed by atoms with Gasteiger partial charge in [0.2, 0.25) is 0 Å². The molecule has 0 aromatic heterocycles. The lowest BCUT2D eigenvalue weighted by molar-refractivity contribution is 0.110. The molecule has 0 radical (unpaired) electrons. The van der Waals surface area contributed by atoms with E-state index in [1.165, 1.54) is 16.8 Å². The molecule has 1 N–H and O–H groups in total. The van der Waals surface area contributed by atoms with Crippen LogP contribution in [0.5, 0.6) is 5.75 Å². The van der Waals surface area contributed by atoms with Crippen LogP contribution in [-0.2, 0) is 4.74 Å². The molecule has 25 heavy (non-hydrogen) atoms. The summed E-state index contributed by atoms with van der Waals surface area (Å²) in [5.74, 6) is 1.95. The Morgan fingerprint density at radius 1 is 1.08 bits per heavy atom. The second-order valence-corrected chi connectivity index (χ2v) is 6.68. The van der Waals surface area contributed by atoms with Crippen LogP contribution < -0.4 is 10.1 Å². The zero-order valence-corrected chi connectivity index (χ0v) is 14.7. The molecule has 1 aliphatic heterocycles. The minimum atomic E-state index is 0.360. The van der Waals surface area contributed by atoms with E-state index in [0.717, 1.165) is 18.8 Å². The van der Waals surface area contributed by atoms with Crippen molar-refractivity contribution in [2.45, 2.75) is 25.3 Å². The molecule has 1 aliphatic carbocycles. The highest BCUT2D eigenvalue weighted by molar-refractivity contribution is 5.61. The van der Waals surface area contributed by atoms with E-state index >= 15 is 0 Å². The molecular weight excluding hydrogens is 310 g/mol. The van der Waals surface area contributed by atoms with Gasteiger partial charge in [-0.15, -0.1) is 0 Å². The van der Waals surface area contributed by atoms with Crippen molar-refractivity contribution < 1.29 is 9.47 Å². The summed E-state index contributed by atoms with van der Waals surface area (Å²) in [5.41, 5.74) is 3.93. The average molecular weight is 335 g/mol. The Labute approximate surface area is 149 Å². The highest BCUT2D eigenvalue weighted by Gasteiger charge is 2.37. The highest BCUT2D eigenvalue weighted by Crippen LogP contribution is 2.50. The standard InChI is InChI=1S/C22H25NO2/c1-2-24-13-14-25-17-11-12-21-20(15-17)18-9-6-10-19(18)22(23-21)16-7-4-3-5-8-16/h3-9,11-12,15,18-19,22-23H,2,10,13-14H2,1H3. The third-order valence-electron chi connectivity index (χ3n) is 5.19. The molecule has 0 bridgehead atoms. The first kappa shape index (κ1) is 16.2. The quantitative estimate of drug-likeness (QED) is 0.600. The molecular formula is C22H25NO2. The molecule has 1 heterocycles. The Balaban J connectivity index is 1.57. The summed E-state index contributed by atoms with van der Waals surface area (Å²) in [7, 11) is 0. The molecule has 0 fully saturated rings. The van der Waals surface area contributed by atoms with Crippen LogP contribution in [-0.4, -0.2) is 19.8 Å². The summed E-state index contributed by atoms with van der Waals surface area (Å²) in [6.45, 7) is 3.96. The first-order chi connectivity index (χ1) is 12.4. The number of nitrogens with one attached hydrogen (secondary N) is 1. The maximum atomic E-state index is 5.86. The second-order valence-electron chi connectivity index (χ2n) is 6.68. The lowest BCUT2D eigenvalue weighted by Crippen LogP contribution is -2.29. The Morgan fingerprint density at radius 2 is 1.96 bits per heavy atom. The number of hydrogen-bond acceptors (Lipinski definition) is 3. The number of benzene rings is 2. The summed E-state index contributed by atoms with van der Waals surface area (Å²) in [6, 6.07) is 17.5. The van der Waals surface area contributed by atoms with Crippen LogP contribution in [0, 0.1) is 5.92 Å². The molecule has 2 aromatic carbocycles. The Morgan fingerprint density at radius 3 is 2.80 bits per heavy atom. The van der Waals surface area contributed by atoms with E-state index in [0.29, 0.717) is 31.1 Å². The highest BCUT2D eigenvalue weighted by atomic mass is 16.5. The molecule has 0 spiro atoms. The van der Waals surface area contributed by atoms with Crippen LogP contribution >= 0.6 is 0 Å². The molecule has 4 rings (SSSR count). The predicted molar refractivity (Wildman–Crippen MR) is 101 cm³/mol. The maximum absolute atomic E-state index is 5.86. The summed E-state index contributed by atoms with van der Waals surface area (Å²) in [5, 5.41) is 3.77. The van der Waals surface area contributed by atoms with Crippen molar-refractivity contribution in [2.75, 3.05) is 25.1 Å². The van der Waals surface area contributed by atoms with Gasteiger partial charge in [-0.3, -0.25) is 0 Å². The first-order valence-corrected chi connectivity index (χ1v) is 9.19. The molecule has 0 saturated heterocycles. The van der Waals surface area contributed by atoms with Gasteiger partial charge in [-0.2, -0.15) is 0 Å². The van der Waals surface area contributed by atoms with E-state index in [1.807, 2.05) is 6.92 Å². The Hall–Kier alpha value is -2.26. The van der Waals surface area contributed by atoms with Gasteiger partial charge in [-0.05, 0) is 48.6 Å². The molecule has 0 saturated carbocycles. The Bertz CT molecular complexity index is 741. The molecule has 2 aliphatic rings. The molecule has 3 heteroatoms. The van der Waals surface area contributed by atoms with Crippen LogP contribution in [0.1, 0.15) is 36.4 Å². The average Bonchev–Trinajstić information content (AvgIpc) is 3.15. The zero-order chi connectivity index (χ0) is 17.1. The van der Waals surface area contributed by atoms with E-state index in [4.69, 9.17) is 9.47 Å². The minimum absolute atomic E-state index is 0.360. The number of ether oxygens (including phenoxy) is 2. The minimum Gasteiger partial charge on any atom is -0.491 e. The lowest BCUT2D eigenvalue weighted by atomic mass is 9.77. The third kappa shape index (κ3) is 3.29. The van der Waals surface area contributed by atoms with Gasteiger partial charge in [-0.25, -0.2) is 0 Å². The summed E-state index contributed by atoms with van der Waals surface area (Å²) in [4.78, 5) is 0. The second kappa shape index (κ2) is 7.32. The third-order valence-corrected chi connectivity index (χ3v) is 5.19. The van der Waals surface area contributed by atoms with Gasteiger partial charge in [0, 0.05) is 18.2 Å². The molecule has 3 nitrogen and oxygen atoms in total. The van der Waals surface area contributed by atoms with Gasteiger partial charge in [0.05, 0.1) is 12.6 Å². The molecule has 130 valence electrons. The van der Waals surface area contributed by atoms with Gasteiger partial charge in [0.1, 0.15) is 12.4 Å². The largest absolute Gasteiger partial charge is 0.491 e. The van der Waals surface area contributed by atoms with E-state index in [9.17, 15) is 0 Å². The molecule has 2 aromatic rings. The van der Waals surface area contributed by atoms with Crippen LogP contribution in [0.4, 0.5) is 5.69 Å². The SMILES string of the molecule is CCOCCOc1ccc2c(c1)C1C=CCC1C(c1ccccc1)N2. The van der Waals surface area contributed by atoms with Gasteiger partial charge in [0.25, 0.3) is 0 Å². The summed E-state index contributed by atoms with van der Waals surface area (Å²) < 4.78 is 11.2. The fraction of sp³-hybridized carbons (Fsp3) is 0.364. The van der Waals surface area contributed by atoms with Crippen molar-refractivity contribution in [2.24, 2.45) is 5.92 Å². The van der Waals surface area contributed by atoms with Gasteiger partial charge in [0.15, 0.2) is 0 Å². The van der Waals surface area contributed by atoms with Crippen molar-refractivity contribution >= 4 is 5.69 Å². The van der Waals surface area contributed by atoms with E-state index in [1.54, 1.807) is 0 Å². The van der Waals surface area contributed by atoms with Gasteiger partial charge >= 0.3 is 0 Å². The summed E-state index contributed by atoms with van der Waals surface area (Å²) in [6.07, 6.45) is 5.81. The number of hydrogen-bond donors (Lipinski definition) is 1. The zero-order valence-electron chi connectivity index (χ0n) is 14.7. The number of rotatable bonds is 6. The van der Waals surface area contributed by atoms with E-state index in [-0.39, 0.29) is 0 Å². The van der Waals surface area contributed by atoms with Crippen molar-refractivity contribution in [3.05, 3.63) is 71.8 Å². The van der Waals surface area contributed by atoms with E-state index in [2.05, 4.69) is 66.0 Å². The smallest absolute Gasteiger partial charge is 0.119 e. The summed E-state index contributed by atoms with van der Waals surface area (Å²) >= 11 is 0. The molecule has 0 amide bonds. The monoisotopic (exact) mass is 335 g/mol. The van der Waals surface area contributed by atoms with Crippen LogP contribution in [0.25, 0.3) is 0 Å².